The molecule has 5 nitrogen and oxygen atoms in total. The molecule has 1 atom stereocenters. The Morgan fingerprint density at radius 3 is 2.58 bits per heavy atom. The molecule has 2 amide bonds. The summed E-state index contributed by atoms with van der Waals surface area (Å²) >= 11 is 4.44. The Kier molecular flexibility index (Phi) is 6.34. The molecule has 130 valence electrons. The normalized spacial score (nSPS) is 17.5. The first-order chi connectivity index (χ1) is 11.4. The van der Waals surface area contributed by atoms with Gasteiger partial charge in [-0.2, -0.15) is 0 Å². The van der Waals surface area contributed by atoms with Crippen LogP contribution in [0.15, 0.2) is 21.5 Å². The third-order valence-electron chi connectivity index (χ3n) is 3.72. The molecule has 1 fully saturated rings. The Labute approximate surface area is 154 Å². The van der Waals surface area contributed by atoms with E-state index in [2.05, 4.69) is 15.9 Å². The maximum Gasteiger partial charge on any atom is 0.293 e. The molecule has 0 saturated carbocycles. The summed E-state index contributed by atoms with van der Waals surface area (Å²) in [5.41, 5.74) is 0.755. The summed E-state index contributed by atoms with van der Waals surface area (Å²) < 4.78 is 11.6. The van der Waals surface area contributed by atoms with E-state index in [0.717, 1.165) is 28.2 Å². The van der Waals surface area contributed by atoms with Crippen molar-refractivity contribution in [2.24, 2.45) is 0 Å². The highest BCUT2D eigenvalue weighted by Crippen LogP contribution is 2.38. The van der Waals surface area contributed by atoms with E-state index in [1.54, 1.807) is 25.3 Å². The van der Waals surface area contributed by atoms with Gasteiger partial charge in [-0.25, -0.2) is 0 Å². The number of ether oxygens (including phenoxy) is 2. The first-order valence-corrected chi connectivity index (χ1v) is 9.31. The second-order valence-electron chi connectivity index (χ2n) is 5.27. The van der Waals surface area contributed by atoms with Gasteiger partial charge in [-0.1, -0.05) is 22.9 Å². The number of rotatable bonds is 6. The molecule has 1 aromatic carbocycles. The Bertz CT molecular complexity index is 689. The van der Waals surface area contributed by atoms with Gasteiger partial charge in [0, 0.05) is 10.5 Å². The smallest absolute Gasteiger partial charge is 0.293 e. The van der Waals surface area contributed by atoms with Gasteiger partial charge < -0.3 is 9.47 Å². The minimum atomic E-state index is -0.251. The van der Waals surface area contributed by atoms with E-state index in [-0.39, 0.29) is 17.2 Å². The van der Waals surface area contributed by atoms with Crippen LogP contribution in [0.1, 0.15) is 32.8 Å². The summed E-state index contributed by atoms with van der Waals surface area (Å²) in [6, 6.07) is 3.47. The lowest BCUT2D eigenvalue weighted by atomic mass is 10.1. The Balaban J connectivity index is 2.38. The predicted octanol–water partition coefficient (Wildman–Crippen LogP) is 4.69. The molecular formula is C17H20BrNO4S. The molecule has 1 saturated heterocycles. The molecule has 1 aliphatic rings. The third-order valence-corrected chi connectivity index (χ3v) is 5.29. The highest BCUT2D eigenvalue weighted by Gasteiger charge is 2.37. The van der Waals surface area contributed by atoms with Crippen molar-refractivity contribution in [3.8, 4) is 11.5 Å². The molecular weight excluding hydrogens is 394 g/mol. The van der Waals surface area contributed by atoms with Gasteiger partial charge in [0.05, 0.1) is 18.6 Å². The molecule has 0 radical (unpaired) electrons. The van der Waals surface area contributed by atoms with Gasteiger partial charge in [0.2, 0.25) is 0 Å². The predicted molar refractivity (Wildman–Crippen MR) is 99.4 cm³/mol. The van der Waals surface area contributed by atoms with Crippen LogP contribution in [0.3, 0.4) is 0 Å². The van der Waals surface area contributed by atoms with Crippen molar-refractivity contribution in [3.05, 3.63) is 27.1 Å². The van der Waals surface area contributed by atoms with Crippen LogP contribution in [0.25, 0.3) is 6.08 Å². The Hall–Kier alpha value is -1.47. The molecule has 1 aromatic rings. The molecule has 24 heavy (non-hydrogen) atoms. The van der Waals surface area contributed by atoms with Crippen molar-refractivity contribution < 1.29 is 19.1 Å². The molecule has 0 spiro atoms. The van der Waals surface area contributed by atoms with Crippen LogP contribution in [-0.2, 0) is 4.79 Å². The lowest BCUT2D eigenvalue weighted by Crippen LogP contribution is -2.36. The highest BCUT2D eigenvalue weighted by atomic mass is 79.9. The van der Waals surface area contributed by atoms with Gasteiger partial charge in [-0.3, -0.25) is 14.5 Å². The summed E-state index contributed by atoms with van der Waals surface area (Å²) in [5.74, 6) is 0.947. The fourth-order valence-electron chi connectivity index (χ4n) is 2.27. The number of amides is 2. The Morgan fingerprint density at radius 2 is 2.00 bits per heavy atom. The van der Waals surface area contributed by atoms with Crippen LogP contribution < -0.4 is 9.47 Å². The molecule has 7 heteroatoms. The van der Waals surface area contributed by atoms with Gasteiger partial charge in [-0.15, -0.1) is 0 Å². The first kappa shape index (κ1) is 18.9. The minimum absolute atomic E-state index is 0.110. The lowest BCUT2D eigenvalue weighted by Gasteiger charge is -2.19. The van der Waals surface area contributed by atoms with Crippen LogP contribution in [0, 0.1) is 0 Å². The zero-order valence-corrected chi connectivity index (χ0v) is 16.5. The maximum atomic E-state index is 12.5. The molecule has 1 aliphatic heterocycles. The number of hydrogen-bond donors (Lipinski definition) is 0. The molecule has 2 rings (SSSR count). The van der Waals surface area contributed by atoms with Crippen molar-refractivity contribution in [1.29, 1.82) is 0 Å². The molecule has 0 aromatic heterocycles. The molecule has 0 aliphatic carbocycles. The van der Waals surface area contributed by atoms with Gasteiger partial charge in [0.25, 0.3) is 11.1 Å². The van der Waals surface area contributed by atoms with E-state index < -0.39 is 0 Å². The number of imide groups is 1. The number of halogens is 1. The van der Waals surface area contributed by atoms with E-state index in [4.69, 9.17) is 9.47 Å². The second-order valence-corrected chi connectivity index (χ2v) is 7.11. The average molecular weight is 414 g/mol. The van der Waals surface area contributed by atoms with Crippen LogP contribution in [-0.4, -0.2) is 35.8 Å². The Morgan fingerprint density at radius 1 is 1.29 bits per heavy atom. The summed E-state index contributed by atoms with van der Waals surface area (Å²) in [6.45, 7) is 6.24. The van der Waals surface area contributed by atoms with Crippen molar-refractivity contribution in [1.82, 2.24) is 4.90 Å². The quantitative estimate of drug-likeness (QED) is 0.632. The van der Waals surface area contributed by atoms with Crippen LogP contribution >= 0.6 is 27.7 Å². The zero-order chi connectivity index (χ0) is 17.9. The average Bonchev–Trinajstić information content (AvgIpc) is 2.83. The van der Waals surface area contributed by atoms with E-state index in [9.17, 15) is 9.59 Å². The molecule has 1 unspecified atom stereocenters. The second kappa shape index (κ2) is 8.07. The largest absolute Gasteiger partial charge is 0.493 e. The topological polar surface area (TPSA) is 55.8 Å². The standard InChI is InChI=1S/C17H20BrNO4S/c1-5-10(3)19-16(20)15(24-17(19)21)8-11-7-13(22-4)14(23-6-2)9-12(11)18/h7-10H,5-6H2,1-4H3/b15-8+. The summed E-state index contributed by atoms with van der Waals surface area (Å²) in [6.07, 6.45) is 2.43. The van der Waals surface area contributed by atoms with Gasteiger partial charge >= 0.3 is 0 Å². The zero-order valence-electron chi connectivity index (χ0n) is 14.1. The lowest BCUT2D eigenvalue weighted by molar-refractivity contribution is -0.124. The van der Waals surface area contributed by atoms with Crippen LogP contribution in [0.2, 0.25) is 0 Å². The monoisotopic (exact) mass is 413 g/mol. The number of benzene rings is 1. The minimum Gasteiger partial charge on any atom is -0.493 e. The fraction of sp³-hybridized carbons (Fsp3) is 0.412. The first-order valence-electron chi connectivity index (χ1n) is 7.70. The van der Waals surface area contributed by atoms with Gasteiger partial charge in [0.1, 0.15) is 0 Å². The van der Waals surface area contributed by atoms with E-state index in [1.165, 1.54) is 4.90 Å². The van der Waals surface area contributed by atoms with Gasteiger partial charge in [-0.05, 0) is 55.8 Å². The van der Waals surface area contributed by atoms with Crippen molar-refractivity contribution in [2.45, 2.75) is 33.2 Å². The van der Waals surface area contributed by atoms with Crippen molar-refractivity contribution in [2.75, 3.05) is 13.7 Å². The number of thioether (sulfide) groups is 1. The number of carbonyl (C=O) groups excluding carboxylic acids is 2. The van der Waals surface area contributed by atoms with Crippen LogP contribution in [0.4, 0.5) is 4.79 Å². The van der Waals surface area contributed by atoms with Gasteiger partial charge in [0.15, 0.2) is 11.5 Å². The maximum absolute atomic E-state index is 12.5. The highest BCUT2D eigenvalue weighted by molar-refractivity contribution is 9.10. The van der Waals surface area contributed by atoms with E-state index in [0.29, 0.717) is 23.0 Å². The summed E-state index contributed by atoms with van der Waals surface area (Å²) in [5, 5.41) is -0.227. The number of nitrogens with zero attached hydrogens (tertiary/aromatic N) is 1. The van der Waals surface area contributed by atoms with E-state index in [1.807, 2.05) is 20.8 Å². The van der Waals surface area contributed by atoms with Crippen LogP contribution in [0.5, 0.6) is 11.5 Å². The third kappa shape index (κ3) is 3.78. The summed E-state index contributed by atoms with van der Waals surface area (Å²) in [4.78, 5) is 26.3. The fourth-order valence-corrected chi connectivity index (χ4v) is 3.63. The number of carbonyl (C=O) groups is 2. The van der Waals surface area contributed by atoms with E-state index >= 15 is 0 Å². The van der Waals surface area contributed by atoms with Crippen molar-refractivity contribution >= 4 is 44.9 Å². The van der Waals surface area contributed by atoms with Crippen molar-refractivity contribution in [3.63, 3.8) is 0 Å². The molecule has 0 bridgehead atoms. The SMILES string of the molecule is CCOc1cc(Br)c(/C=C2/SC(=O)N(C(C)CC)C2=O)cc1OC. The summed E-state index contributed by atoms with van der Waals surface area (Å²) in [7, 11) is 1.56. The number of hydrogen-bond acceptors (Lipinski definition) is 5. The number of methoxy groups -OCH3 is 1. The molecule has 0 N–H and O–H groups in total. The molecule has 1 heterocycles.